The zero-order chi connectivity index (χ0) is 21.1. The molecule has 1 fully saturated rings. The summed E-state index contributed by atoms with van der Waals surface area (Å²) in [6, 6.07) is 12.6. The van der Waals surface area contributed by atoms with Crippen molar-refractivity contribution in [1.29, 1.82) is 0 Å². The summed E-state index contributed by atoms with van der Waals surface area (Å²) in [5.41, 5.74) is 13.6. The third kappa shape index (κ3) is 4.56. The summed E-state index contributed by atoms with van der Waals surface area (Å²) >= 11 is 0. The second-order valence-corrected chi connectivity index (χ2v) is 8.73. The van der Waals surface area contributed by atoms with Crippen LogP contribution in [0.2, 0.25) is 0 Å². The molecule has 8 heteroatoms. The molecule has 156 valence electrons. The fourth-order valence-corrected chi connectivity index (χ4v) is 4.94. The normalized spacial score (nSPS) is 20.1. The van der Waals surface area contributed by atoms with Crippen LogP contribution in [0.25, 0.3) is 22.4 Å². The Labute approximate surface area is 177 Å². The number of nitrogens with one attached hydrogen (secondary N) is 1. The lowest BCUT2D eigenvalue weighted by Gasteiger charge is -2.26. The molecule has 0 amide bonds. The predicted molar refractivity (Wildman–Crippen MR) is 117 cm³/mol. The predicted octanol–water partition coefficient (Wildman–Crippen LogP) is 3.41. The topological polar surface area (TPSA) is 107 Å². The van der Waals surface area contributed by atoms with E-state index in [1.807, 2.05) is 24.3 Å². The second kappa shape index (κ2) is 8.99. The highest BCUT2D eigenvalue weighted by molar-refractivity contribution is 7.83. The van der Waals surface area contributed by atoms with Crippen LogP contribution in [-0.2, 0) is 11.0 Å². The van der Waals surface area contributed by atoms with E-state index >= 15 is 0 Å². The van der Waals surface area contributed by atoms with Gasteiger partial charge in [-0.3, -0.25) is 4.98 Å². The van der Waals surface area contributed by atoms with Gasteiger partial charge in [0.25, 0.3) is 0 Å². The van der Waals surface area contributed by atoms with Crippen molar-refractivity contribution in [1.82, 2.24) is 14.7 Å². The Morgan fingerprint density at radius 1 is 1.00 bits per heavy atom. The molecule has 0 aliphatic heterocycles. The average molecular weight is 426 g/mol. The molecule has 5 N–H and O–H groups in total. The maximum atomic E-state index is 14.9. The van der Waals surface area contributed by atoms with E-state index in [-0.39, 0.29) is 17.9 Å². The molecule has 4 rings (SSSR count). The summed E-state index contributed by atoms with van der Waals surface area (Å²) in [7, 11) is -1.40. The lowest BCUT2D eigenvalue weighted by Crippen LogP contribution is -2.38. The van der Waals surface area contributed by atoms with E-state index in [9.17, 15) is 8.60 Å². The van der Waals surface area contributed by atoms with Crippen molar-refractivity contribution in [2.45, 2.75) is 42.7 Å². The summed E-state index contributed by atoms with van der Waals surface area (Å²) in [6.45, 7) is 0. The van der Waals surface area contributed by atoms with Gasteiger partial charge in [0, 0.05) is 17.6 Å². The van der Waals surface area contributed by atoms with Crippen LogP contribution in [0.5, 0.6) is 0 Å². The first kappa shape index (κ1) is 20.6. The van der Waals surface area contributed by atoms with Gasteiger partial charge in [0.2, 0.25) is 0 Å². The molecule has 0 spiro atoms. The van der Waals surface area contributed by atoms with E-state index in [1.54, 1.807) is 12.1 Å². The van der Waals surface area contributed by atoms with E-state index in [2.05, 4.69) is 14.7 Å². The minimum atomic E-state index is -1.40. The third-order valence-electron chi connectivity index (χ3n) is 5.36. The smallest absolute Gasteiger partial charge is 0.141 e. The first-order valence-electron chi connectivity index (χ1n) is 9.91. The van der Waals surface area contributed by atoms with Crippen LogP contribution >= 0.6 is 0 Å². The second-order valence-electron chi connectivity index (χ2n) is 7.52. The minimum absolute atomic E-state index is 0.168. The number of aromatic nitrogens is 2. The van der Waals surface area contributed by atoms with Crippen molar-refractivity contribution in [3.8, 4) is 22.4 Å². The molecule has 2 aromatic carbocycles. The summed E-state index contributed by atoms with van der Waals surface area (Å²) in [6.07, 6.45) is 6.50. The zero-order valence-corrected chi connectivity index (χ0v) is 17.2. The molecule has 1 atom stereocenters. The summed E-state index contributed by atoms with van der Waals surface area (Å²) in [4.78, 5) is 8.73. The molecule has 0 bridgehead atoms. The third-order valence-corrected chi connectivity index (χ3v) is 6.66. The van der Waals surface area contributed by atoms with Gasteiger partial charge >= 0.3 is 0 Å². The van der Waals surface area contributed by atoms with Crippen molar-refractivity contribution in [2.24, 2.45) is 5.73 Å². The first-order valence-corrected chi connectivity index (χ1v) is 11.1. The van der Waals surface area contributed by atoms with Gasteiger partial charge in [-0.1, -0.05) is 24.3 Å². The highest BCUT2D eigenvalue weighted by atomic mass is 32.2. The van der Waals surface area contributed by atoms with E-state index in [0.29, 0.717) is 21.7 Å². The van der Waals surface area contributed by atoms with E-state index in [1.165, 1.54) is 18.5 Å². The Morgan fingerprint density at radius 2 is 1.77 bits per heavy atom. The van der Waals surface area contributed by atoms with Crippen molar-refractivity contribution in [3.05, 3.63) is 60.7 Å². The van der Waals surface area contributed by atoms with E-state index < -0.39 is 16.8 Å². The van der Waals surface area contributed by atoms with Crippen LogP contribution < -0.4 is 16.2 Å². The highest BCUT2D eigenvalue weighted by Crippen LogP contribution is 2.30. The maximum absolute atomic E-state index is 14.9. The summed E-state index contributed by atoms with van der Waals surface area (Å²) in [5.74, 6) is -0.152. The molecule has 1 aromatic heterocycles. The quantitative estimate of drug-likeness (QED) is 0.581. The van der Waals surface area contributed by atoms with Gasteiger partial charge in [-0.25, -0.2) is 18.3 Å². The molecule has 6 nitrogen and oxygen atoms in total. The van der Waals surface area contributed by atoms with Crippen LogP contribution in [0.15, 0.2) is 59.8 Å². The number of nitrogens with two attached hydrogens (primary N) is 2. The molecule has 1 aliphatic rings. The number of nitrogens with zero attached hydrogens (tertiary/aromatic N) is 2. The van der Waals surface area contributed by atoms with Gasteiger partial charge in [-0.05, 0) is 55.0 Å². The van der Waals surface area contributed by atoms with E-state index in [0.717, 1.165) is 31.2 Å². The number of rotatable bonds is 5. The van der Waals surface area contributed by atoms with Crippen molar-refractivity contribution < 1.29 is 8.60 Å². The van der Waals surface area contributed by atoms with Crippen molar-refractivity contribution in [3.63, 3.8) is 0 Å². The molecule has 0 saturated heterocycles. The number of anilines is 1. The van der Waals surface area contributed by atoms with Crippen LogP contribution in [0.4, 0.5) is 10.2 Å². The maximum Gasteiger partial charge on any atom is 0.141 e. The molecular formula is C22H24FN5OS. The van der Waals surface area contributed by atoms with Gasteiger partial charge in [-0.2, -0.15) is 0 Å². The molecule has 1 heterocycles. The van der Waals surface area contributed by atoms with Gasteiger partial charge in [0.15, 0.2) is 0 Å². The fraction of sp³-hybridized carbons (Fsp3) is 0.273. The molecule has 0 radical (unpaired) electrons. The average Bonchev–Trinajstić information content (AvgIpc) is 2.76. The standard InChI is InChI=1S/C22H24FN5OS/c23-19-11-14(5-10-18(19)20-12-27-22(25)13-26-20)17-3-1-2-4-21(17)30(29)28-16-8-6-15(24)7-9-16/h1-5,10-13,15-16,28H,6-9,24H2,(H2,25,27). The Balaban J connectivity index is 1.59. The van der Waals surface area contributed by atoms with Gasteiger partial charge in [0.05, 0.1) is 23.0 Å². The van der Waals surface area contributed by atoms with Gasteiger partial charge in [0.1, 0.15) is 22.6 Å². The minimum Gasteiger partial charge on any atom is -0.382 e. The number of benzene rings is 2. The van der Waals surface area contributed by atoms with Crippen LogP contribution in [0.1, 0.15) is 25.7 Å². The number of hydrogen-bond acceptors (Lipinski definition) is 5. The molecule has 30 heavy (non-hydrogen) atoms. The van der Waals surface area contributed by atoms with Crippen molar-refractivity contribution in [2.75, 3.05) is 5.73 Å². The SMILES string of the molecule is Nc1cnc(-c2ccc(-c3ccccc3S(=O)NC3CCC(N)CC3)cc2F)cn1. The van der Waals surface area contributed by atoms with Crippen LogP contribution in [-0.4, -0.2) is 26.3 Å². The zero-order valence-electron chi connectivity index (χ0n) is 16.4. The van der Waals surface area contributed by atoms with Crippen LogP contribution in [0.3, 0.4) is 0 Å². The number of halogens is 1. The van der Waals surface area contributed by atoms with Gasteiger partial charge < -0.3 is 11.5 Å². The molecule has 3 aromatic rings. The summed E-state index contributed by atoms with van der Waals surface area (Å²) in [5, 5.41) is 0. The fourth-order valence-electron chi connectivity index (χ4n) is 3.69. The van der Waals surface area contributed by atoms with Gasteiger partial charge in [-0.15, -0.1) is 0 Å². The Kier molecular flexibility index (Phi) is 6.17. The first-order chi connectivity index (χ1) is 14.5. The highest BCUT2D eigenvalue weighted by Gasteiger charge is 2.22. The largest absolute Gasteiger partial charge is 0.382 e. The molecule has 1 unspecified atom stereocenters. The lowest BCUT2D eigenvalue weighted by atomic mass is 9.93. The lowest BCUT2D eigenvalue weighted by molar-refractivity contribution is 0.378. The Hall–Kier alpha value is -2.68. The Morgan fingerprint density at radius 3 is 2.47 bits per heavy atom. The van der Waals surface area contributed by atoms with E-state index in [4.69, 9.17) is 11.5 Å². The van der Waals surface area contributed by atoms with Crippen molar-refractivity contribution >= 4 is 16.8 Å². The monoisotopic (exact) mass is 425 g/mol. The Bertz CT molecular complexity index is 1050. The molecular weight excluding hydrogens is 401 g/mol. The number of nitrogen functional groups attached to an aromatic ring is 1. The molecule has 1 aliphatic carbocycles. The molecule has 1 saturated carbocycles. The summed E-state index contributed by atoms with van der Waals surface area (Å²) < 4.78 is 31.1. The van der Waals surface area contributed by atoms with Crippen LogP contribution in [0, 0.1) is 5.82 Å². The number of hydrogen-bond donors (Lipinski definition) is 3.